The number of nitrogens with zero attached hydrogens (tertiary/aromatic N) is 2. The van der Waals surface area contributed by atoms with Gasteiger partial charge in [-0.1, -0.05) is 0 Å². The van der Waals surface area contributed by atoms with Crippen LogP contribution in [0.4, 0.5) is 0 Å². The summed E-state index contributed by atoms with van der Waals surface area (Å²) in [6.07, 6.45) is 1.73. The van der Waals surface area contributed by atoms with E-state index in [9.17, 15) is 4.79 Å². The predicted molar refractivity (Wildman–Crippen MR) is 40.9 cm³/mol. The van der Waals surface area contributed by atoms with Gasteiger partial charge in [-0.2, -0.15) is 5.26 Å². The van der Waals surface area contributed by atoms with Gasteiger partial charge in [0.05, 0.1) is 13.9 Å². The van der Waals surface area contributed by atoms with E-state index in [1.54, 1.807) is 4.90 Å². The maximum absolute atomic E-state index is 11.0. The molecule has 1 amide bonds. The molecule has 0 aromatic rings. The van der Waals surface area contributed by atoms with Crippen molar-refractivity contribution < 1.29 is 4.79 Å². The van der Waals surface area contributed by atoms with Crippen LogP contribution in [0.2, 0.25) is 6.32 Å². The molecule has 56 valence electrons. The highest BCUT2D eigenvalue weighted by molar-refractivity contribution is 6.19. The van der Waals surface area contributed by atoms with E-state index in [0.29, 0.717) is 6.54 Å². The first kappa shape index (κ1) is 8.12. The standard InChI is InChI=1S/C7H9BN2O/c8-4-7(11)10-3-1-2-6(10)5-9/h6H,1-4H2/t6-/m0/s1. The molecule has 4 heteroatoms. The predicted octanol–water partition coefficient (Wildman–Crippen LogP) is 0.0878. The molecule has 0 aromatic carbocycles. The van der Waals surface area contributed by atoms with Crippen LogP contribution in [0.1, 0.15) is 12.8 Å². The molecule has 1 atom stereocenters. The minimum atomic E-state index is -0.231. The van der Waals surface area contributed by atoms with Crippen LogP contribution >= 0.6 is 0 Å². The lowest BCUT2D eigenvalue weighted by atomic mass is 10.0. The molecule has 1 aliphatic heterocycles. The topological polar surface area (TPSA) is 44.1 Å². The van der Waals surface area contributed by atoms with Crippen molar-refractivity contribution >= 4 is 13.8 Å². The van der Waals surface area contributed by atoms with Crippen molar-refractivity contribution in [1.82, 2.24) is 4.90 Å². The fraction of sp³-hybridized carbons (Fsp3) is 0.714. The van der Waals surface area contributed by atoms with Crippen molar-refractivity contribution in [2.45, 2.75) is 25.2 Å². The van der Waals surface area contributed by atoms with Crippen LogP contribution in [0.5, 0.6) is 0 Å². The van der Waals surface area contributed by atoms with E-state index < -0.39 is 0 Å². The molecular weight excluding hydrogens is 139 g/mol. The van der Waals surface area contributed by atoms with Crippen LogP contribution in [0.3, 0.4) is 0 Å². The zero-order valence-electron chi connectivity index (χ0n) is 6.29. The fourth-order valence-corrected chi connectivity index (χ4v) is 1.32. The Bertz CT molecular complexity index is 199. The highest BCUT2D eigenvalue weighted by Crippen LogP contribution is 2.16. The summed E-state index contributed by atoms with van der Waals surface area (Å²) in [7, 11) is 5.17. The Labute approximate surface area is 67.4 Å². The monoisotopic (exact) mass is 148 g/mol. The molecule has 0 N–H and O–H groups in total. The molecule has 1 aliphatic rings. The van der Waals surface area contributed by atoms with Crippen molar-refractivity contribution in [1.29, 1.82) is 5.26 Å². The number of hydrogen-bond donors (Lipinski definition) is 0. The van der Waals surface area contributed by atoms with Crippen LogP contribution in [-0.4, -0.2) is 31.2 Å². The quantitative estimate of drug-likeness (QED) is 0.494. The first-order valence-electron chi connectivity index (χ1n) is 3.68. The second-order valence-corrected chi connectivity index (χ2v) is 2.58. The first-order valence-corrected chi connectivity index (χ1v) is 3.68. The second-order valence-electron chi connectivity index (χ2n) is 2.58. The van der Waals surface area contributed by atoms with Gasteiger partial charge in [-0.05, 0) is 19.2 Å². The average molecular weight is 148 g/mol. The largest absolute Gasteiger partial charge is 0.327 e. The maximum atomic E-state index is 11.0. The van der Waals surface area contributed by atoms with Gasteiger partial charge in [0.2, 0.25) is 5.91 Å². The van der Waals surface area contributed by atoms with Gasteiger partial charge >= 0.3 is 0 Å². The maximum Gasteiger partial charge on any atom is 0.214 e. The van der Waals surface area contributed by atoms with Crippen LogP contribution < -0.4 is 0 Å². The van der Waals surface area contributed by atoms with E-state index in [2.05, 4.69) is 6.07 Å². The van der Waals surface area contributed by atoms with E-state index in [0.717, 1.165) is 12.8 Å². The normalized spacial score (nSPS) is 23.2. The summed E-state index contributed by atoms with van der Waals surface area (Å²) in [6.45, 7) is 0.689. The Hall–Kier alpha value is -0.975. The highest BCUT2D eigenvalue weighted by atomic mass is 16.2. The molecule has 0 aromatic heterocycles. The number of carbonyl (C=O) groups is 1. The number of hydrogen-bond acceptors (Lipinski definition) is 2. The Balaban J connectivity index is 2.58. The van der Waals surface area contributed by atoms with Crippen molar-refractivity contribution in [2.75, 3.05) is 6.54 Å². The molecule has 0 saturated carbocycles. The minimum absolute atomic E-state index is 0.0121. The van der Waals surface area contributed by atoms with Gasteiger partial charge in [0.1, 0.15) is 6.04 Å². The zero-order valence-corrected chi connectivity index (χ0v) is 6.29. The van der Waals surface area contributed by atoms with Gasteiger partial charge in [0.15, 0.2) is 0 Å². The smallest absolute Gasteiger partial charge is 0.214 e. The Morgan fingerprint density at radius 1 is 1.82 bits per heavy atom. The molecule has 1 heterocycles. The van der Waals surface area contributed by atoms with Gasteiger partial charge in [-0.25, -0.2) is 0 Å². The van der Waals surface area contributed by atoms with Gasteiger partial charge in [0, 0.05) is 6.54 Å². The molecule has 0 spiro atoms. The van der Waals surface area contributed by atoms with Crippen molar-refractivity contribution in [2.24, 2.45) is 0 Å². The number of nitriles is 1. The molecule has 0 aliphatic carbocycles. The summed E-state index contributed by atoms with van der Waals surface area (Å²) in [5, 5.41) is 8.60. The molecule has 1 fully saturated rings. The first-order chi connectivity index (χ1) is 5.29. The van der Waals surface area contributed by atoms with Crippen LogP contribution in [0, 0.1) is 11.3 Å². The fourth-order valence-electron chi connectivity index (χ4n) is 1.32. The highest BCUT2D eigenvalue weighted by Gasteiger charge is 2.26. The zero-order chi connectivity index (χ0) is 8.27. The molecule has 3 nitrogen and oxygen atoms in total. The van der Waals surface area contributed by atoms with E-state index in [4.69, 9.17) is 13.1 Å². The molecular formula is C7H9BN2O. The summed E-state index contributed by atoms with van der Waals surface area (Å²) in [4.78, 5) is 12.6. The lowest BCUT2D eigenvalue weighted by molar-refractivity contribution is -0.128. The van der Waals surface area contributed by atoms with Crippen molar-refractivity contribution in [3.63, 3.8) is 0 Å². The van der Waals surface area contributed by atoms with Gasteiger partial charge in [-0.15, -0.1) is 0 Å². The van der Waals surface area contributed by atoms with Crippen molar-refractivity contribution in [3.8, 4) is 6.07 Å². The third kappa shape index (κ3) is 1.54. The van der Waals surface area contributed by atoms with Gasteiger partial charge in [0.25, 0.3) is 0 Å². The molecule has 0 bridgehead atoms. The number of amides is 1. The van der Waals surface area contributed by atoms with Crippen LogP contribution in [0.15, 0.2) is 0 Å². The Morgan fingerprint density at radius 2 is 2.55 bits per heavy atom. The molecule has 0 unspecified atom stereocenters. The number of carbonyl (C=O) groups excluding carboxylic acids is 1. The summed E-state index contributed by atoms with van der Waals surface area (Å²) < 4.78 is 0. The SMILES string of the molecule is [B]CC(=O)N1CCC[C@H]1C#N. The average Bonchev–Trinajstić information content (AvgIpc) is 2.50. The molecule has 2 radical (unpaired) electrons. The van der Waals surface area contributed by atoms with E-state index in [1.807, 2.05) is 0 Å². The Kier molecular flexibility index (Phi) is 2.53. The van der Waals surface area contributed by atoms with E-state index in [1.165, 1.54) is 0 Å². The summed E-state index contributed by atoms with van der Waals surface area (Å²) >= 11 is 0. The van der Waals surface area contributed by atoms with E-state index in [-0.39, 0.29) is 18.3 Å². The third-order valence-corrected chi connectivity index (χ3v) is 1.90. The molecule has 11 heavy (non-hydrogen) atoms. The lowest BCUT2D eigenvalue weighted by Crippen LogP contribution is -2.33. The second kappa shape index (κ2) is 3.43. The lowest BCUT2D eigenvalue weighted by Gasteiger charge is -2.18. The molecule has 1 saturated heterocycles. The summed E-state index contributed by atoms with van der Waals surface area (Å²) in [5.74, 6) is -0.117. The number of likely N-dealkylation sites (tertiary alicyclic amines) is 1. The summed E-state index contributed by atoms with van der Waals surface area (Å²) in [5.41, 5.74) is 0. The third-order valence-electron chi connectivity index (χ3n) is 1.90. The number of rotatable bonds is 1. The van der Waals surface area contributed by atoms with Gasteiger partial charge in [-0.3, -0.25) is 4.79 Å². The Morgan fingerprint density at radius 3 is 3.09 bits per heavy atom. The molecule has 1 rings (SSSR count). The van der Waals surface area contributed by atoms with E-state index >= 15 is 0 Å². The van der Waals surface area contributed by atoms with Gasteiger partial charge < -0.3 is 4.90 Å². The van der Waals surface area contributed by atoms with Crippen molar-refractivity contribution in [3.05, 3.63) is 0 Å². The minimum Gasteiger partial charge on any atom is -0.327 e. The van der Waals surface area contributed by atoms with Crippen LogP contribution in [0.25, 0.3) is 0 Å². The summed E-state index contributed by atoms with van der Waals surface area (Å²) in [6, 6.07) is 1.85. The van der Waals surface area contributed by atoms with Crippen LogP contribution in [-0.2, 0) is 4.79 Å².